The molecule has 0 unspecified atom stereocenters. The number of amides is 1. The van der Waals surface area contributed by atoms with E-state index in [1.165, 1.54) is 4.68 Å². The van der Waals surface area contributed by atoms with E-state index >= 15 is 0 Å². The van der Waals surface area contributed by atoms with E-state index in [2.05, 4.69) is 10.4 Å². The van der Waals surface area contributed by atoms with Crippen molar-refractivity contribution >= 4 is 23.2 Å². The first-order valence-electron chi connectivity index (χ1n) is 9.43. The number of carbonyl (C=O) groups excluding carboxylic acids is 1. The van der Waals surface area contributed by atoms with Crippen LogP contribution in [0.15, 0.2) is 48.5 Å². The summed E-state index contributed by atoms with van der Waals surface area (Å²) in [5.74, 6) is -0.196. The number of hydrogen-bond donors (Lipinski definition) is 1. The van der Waals surface area contributed by atoms with Crippen LogP contribution in [0.2, 0.25) is 5.02 Å². The van der Waals surface area contributed by atoms with Gasteiger partial charge in [0.2, 0.25) is 5.91 Å². The van der Waals surface area contributed by atoms with Gasteiger partial charge in [0.15, 0.2) is 5.69 Å². The van der Waals surface area contributed by atoms with Crippen LogP contribution < -0.4 is 5.32 Å². The van der Waals surface area contributed by atoms with Gasteiger partial charge in [0.25, 0.3) is 0 Å². The standard InChI is InChI=1S/C22H21ClF3N3O/c1-14-10-11-16(12-15(14)2)27-21(30)9-5-6-17-13-20(22(24,25)26)28-29(17)19-8-4-3-7-18(19)23/h3-4,7-8,10-13H,5-6,9H2,1-2H3,(H,27,30). The van der Waals surface area contributed by atoms with E-state index in [0.717, 1.165) is 17.2 Å². The number of nitrogens with zero attached hydrogens (tertiary/aromatic N) is 2. The van der Waals surface area contributed by atoms with Gasteiger partial charge in [-0.1, -0.05) is 29.8 Å². The van der Waals surface area contributed by atoms with Crippen molar-refractivity contribution in [3.05, 3.63) is 76.1 Å². The second kappa shape index (κ2) is 8.92. The van der Waals surface area contributed by atoms with E-state index < -0.39 is 11.9 Å². The summed E-state index contributed by atoms with van der Waals surface area (Å²) in [4.78, 5) is 12.2. The molecule has 0 spiro atoms. The van der Waals surface area contributed by atoms with Crippen molar-refractivity contribution in [1.29, 1.82) is 0 Å². The fourth-order valence-electron chi connectivity index (χ4n) is 3.04. The van der Waals surface area contributed by atoms with Gasteiger partial charge < -0.3 is 5.32 Å². The summed E-state index contributed by atoms with van der Waals surface area (Å²) in [6.45, 7) is 3.94. The maximum absolute atomic E-state index is 13.2. The number of alkyl halides is 3. The molecule has 0 bridgehead atoms. The largest absolute Gasteiger partial charge is 0.435 e. The van der Waals surface area contributed by atoms with Crippen LogP contribution in [-0.4, -0.2) is 15.7 Å². The number of benzene rings is 2. The zero-order valence-corrected chi connectivity index (χ0v) is 17.3. The van der Waals surface area contributed by atoms with Gasteiger partial charge in [-0.05, 0) is 68.1 Å². The Labute approximate surface area is 177 Å². The third-order valence-electron chi connectivity index (χ3n) is 4.78. The van der Waals surface area contributed by atoms with E-state index in [4.69, 9.17) is 11.6 Å². The molecule has 0 aliphatic carbocycles. The predicted molar refractivity (Wildman–Crippen MR) is 111 cm³/mol. The molecule has 1 heterocycles. The summed E-state index contributed by atoms with van der Waals surface area (Å²) in [6.07, 6.45) is -3.79. The molecule has 0 saturated carbocycles. The Bertz CT molecular complexity index is 1060. The van der Waals surface area contributed by atoms with E-state index in [9.17, 15) is 18.0 Å². The first-order valence-corrected chi connectivity index (χ1v) is 9.81. The van der Waals surface area contributed by atoms with Crippen LogP contribution >= 0.6 is 11.6 Å². The average molecular weight is 436 g/mol. The highest BCUT2D eigenvalue weighted by Crippen LogP contribution is 2.31. The Morgan fingerprint density at radius 3 is 2.50 bits per heavy atom. The molecule has 30 heavy (non-hydrogen) atoms. The minimum Gasteiger partial charge on any atom is -0.326 e. The Morgan fingerprint density at radius 1 is 1.10 bits per heavy atom. The Kier molecular flexibility index (Phi) is 6.51. The fraction of sp³-hybridized carbons (Fsp3) is 0.273. The lowest BCUT2D eigenvalue weighted by Gasteiger charge is -2.10. The first kappa shape index (κ1) is 21.9. The molecule has 1 amide bonds. The number of aryl methyl sites for hydroxylation is 3. The molecule has 0 fully saturated rings. The van der Waals surface area contributed by atoms with Gasteiger partial charge >= 0.3 is 6.18 Å². The number of nitrogens with one attached hydrogen (secondary N) is 1. The molecule has 8 heteroatoms. The van der Waals surface area contributed by atoms with Crippen molar-refractivity contribution < 1.29 is 18.0 Å². The topological polar surface area (TPSA) is 46.9 Å². The number of halogens is 4. The van der Waals surface area contributed by atoms with Crippen molar-refractivity contribution in [1.82, 2.24) is 9.78 Å². The normalized spacial score (nSPS) is 11.5. The predicted octanol–water partition coefficient (Wildman–Crippen LogP) is 6.12. The van der Waals surface area contributed by atoms with Crippen molar-refractivity contribution in [2.75, 3.05) is 5.32 Å². The maximum atomic E-state index is 13.2. The maximum Gasteiger partial charge on any atom is 0.435 e. The molecule has 4 nitrogen and oxygen atoms in total. The van der Waals surface area contributed by atoms with Gasteiger partial charge in [-0.25, -0.2) is 4.68 Å². The Morgan fingerprint density at radius 2 is 1.83 bits per heavy atom. The van der Waals surface area contributed by atoms with Gasteiger partial charge in [0, 0.05) is 17.8 Å². The lowest BCUT2D eigenvalue weighted by Crippen LogP contribution is -2.12. The summed E-state index contributed by atoms with van der Waals surface area (Å²) in [7, 11) is 0. The molecule has 1 N–H and O–H groups in total. The van der Waals surface area contributed by atoms with Gasteiger partial charge in [0.05, 0.1) is 10.7 Å². The van der Waals surface area contributed by atoms with E-state index in [1.54, 1.807) is 24.3 Å². The number of para-hydroxylation sites is 1. The second-order valence-corrected chi connectivity index (χ2v) is 7.49. The number of anilines is 1. The van der Waals surface area contributed by atoms with Crippen molar-refractivity contribution in [2.24, 2.45) is 0 Å². The van der Waals surface area contributed by atoms with E-state index in [1.807, 2.05) is 32.0 Å². The second-order valence-electron chi connectivity index (χ2n) is 7.08. The third kappa shape index (κ3) is 5.21. The highest BCUT2D eigenvalue weighted by Gasteiger charge is 2.35. The van der Waals surface area contributed by atoms with Gasteiger partial charge in [-0.3, -0.25) is 4.79 Å². The summed E-state index contributed by atoms with van der Waals surface area (Å²) in [5.41, 5.74) is 2.61. The molecule has 0 atom stereocenters. The zero-order valence-electron chi connectivity index (χ0n) is 16.6. The molecule has 2 aromatic carbocycles. The lowest BCUT2D eigenvalue weighted by atomic mass is 10.1. The molecule has 0 aliphatic heterocycles. The Hall–Kier alpha value is -2.80. The molecule has 0 saturated heterocycles. The van der Waals surface area contributed by atoms with Crippen LogP contribution in [0.4, 0.5) is 18.9 Å². The SMILES string of the molecule is Cc1ccc(NC(=O)CCCc2cc(C(F)(F)F)nn2-c2ccccc2Cl)cc1C. The number of aromatic nitrogens is 2. The van der Waals surface area contributed by atoms with E-state index in [-0.39, 0.29) is 18.7 Å². The highest BCUT2D eigenvalue weighted by molar-refractivity contribution is 6.32. The average Bonchev–Trinajstić information content (AvgIpc) is 3.09. The number of rotatable bonds is 6. The van der Waals surface area contributed by atoms with Gasteiger partial charge in [0.1, 0.15) is 0 Å². The molecular weight excluding hydrogens is 415 g/mol. The molecule has 0 aliphatic rings. The smallest absolute Gasteiger partial charge is 0.326 e. The molecule has 158 valence electrons. The van der Waals surface area contributed by atoms with Crippen molar-refractivity contribution in [2.45, 2.75) is 39.3 Å². The summed E-state index contributed by atoms with van der Waals surface area (Å²) < 4.78 is 40.7. The molecule has 0 radical (unpaired) electrons. The van der Waals surface area contributed by atoms with Crippen molar-refractivity contribution in [3.8, 4) is 5.69 Å². The monoisotopic (exact) mass is 435 g/mol. The van der Waals surface area contributed by atoms with E-state index in [0.29, 0.717) is 28.5 Å². The van der Waals surface area contributed by atoms with Crippen LogP contribution in [0, 0.1) is 13.8 Å². The van der Waals surface area contributed by atoms with Crippen LogP contribution in [0.5, 0.6) is 0 Å². The van der Waals surface area contributed by atoms with Crippen LogP contribution in [0.1, 0.15) is 35.4 Å². The minimum absolute atomic E-state index is 0.169. The van der Waals surface area contributed by atoms with Crippen LogP contribution in [0.3, 0.4) is 0 Å². The third-order valence-corrected chi connectivity index (χ3v) is 5.10. The zero-order chi connectivity index (χ0) is 21.9. The van der Waals surface area contributed by atoms with Gasteiger partial charge in [-0.2, -0.15) is 18.3 Å². The quantitative estimate of drug-likeness (QED) is 0.506. The molecular formula is C22H21ClF3N3O. The first-order chi connectivity index (χ1) is 14.1. The van der Waals surface area contributed by atoms with Crippen LogP contribution in [0.25, 0.3) is 5.69 Å². The summed E-state index contributed by atoms with van der Waals surface area (Å²) in [5, 5.41) is 6.82. The molecule has 3 aromatic rings. The fourth-order valence-corrected chi connectivity index (χ4v) is 3.26. The lowest BCUT2D eigenvalue weighted by molar-refractivity contribution is -0.141. The van der Waals surface area contributed by atoms with Gasteiger partial charge in [-0.15, -0.1) is 0 Å². The summed E-state index contributed by atoms with van der Waals surface area (Å²) in [6, 6.07) is 13.2. The Balaban J connectivity index is 1.71. The number of carbonyl (C=O) groups is 1. The minimum atomic E-state index is -4.57. The molecule has 3 rings (SSSR count). The van der Waals surface area contributed by atoms with Crippen molar-refractivity contribution in [3.63, 3.8) is 0 Å². The highest BCUT2D eigenvalue weighted by atomic mass is 35.5. The van der Waals surface area contributed by atoms with Crippen LogP contribution in [-0.2, 0) is 17.4 Å². The molecule has 1 aromatic heterocycles. The number of hydrogen-bond acceptors (Lipinski definition) is 2. The summed E-state index contributed by atoms with van der Waals surface area (Å²) >= 11 is 6.15.